The molecule has 0 aromatic heterocycles. The minimum absolute atomic E-state index is 0.0474. The summed E-state index contributed by atoms with van der Waals surface area (Å²) in [7, 11) is 0. The lowest BCUT2D eigenvalue weighted by molar-refractivity contribution is -0.126. The van der Waals surface area contributed by atoms with Crippen molar-refractivity contribution < 1.29 is 9.53 Å². The number of hydrogen-bond acceptors (Lipinski definition) is 3. The summed E-state index contributed by atoms with van der Waals surface area (Å²) in [6.07, 6.45) is 1.63. The SMILES string of the molecule is CC(C)N[C@H](C)c1ccc(C#CCCCOCC(=O)C(C)C)cc1. The zero-order valence-corrected chi connectivity index (χ0v) is 15.7. The van der Waals surface area contributed by atoms with Crippen molar-refractivity contribution in [3.63, 3.8) is 0 Å². The molecule has 0 saturated heterocycles. The predicted octanol–water partition coefficient (Wildman–Crippen LogP) is 4.12. The molecule has 1 N–H and O–H groups in total. The fourth-order valence-corrected chi connectivity index (χ4v) is 2.22. The van der Waals surface area contributed by atoms with E-state index in [1.807, 2.05) is 13.8 Å². The van der Waals surface area contributed by atoms with Crippen LogP contribution >= 0.6 is 0 Å². The smallest absolute Gasteiger partial charge is 0.160 e. The minimum atomic E-state index is 0.0474. The summed E-state index contributed by atoms with van der Waals surface area (Å²) in [6, 6.07) is 9.21. The highest BCUT2D eigenvalue weighted by Gasteiger charge is 2.06. The molecule has 1 atom stereocenters. The molecule has 1 aromatic rings. The van der Waals surface area contributed by atoms with Crippen LogP contribution in [0.2, 0.25) is 0 Å². The first-order chi connectivity index (χ1) is 11.4. The van der Waals surface area contributed by atoms with Crippen LogP contribution in [0, 0.1) is 17.8 Å². The van der Waals surface area contributed by atoms with Gasteiger partial charge in [0.1, 0.15) is 6.61 Å². The molecular formula is C21H31NO2. The third-order valence-corrected chi connectivity index (χ3v) is 3.71. The Kier molecular flexibility index (Phi) is 9.37. The summed E-state index contributed by atoms with van der Waals surface area (Å²) in [5, 5.41) is 3.49. The number of unbranched alkanes of at least 4 members (excludes halogenated alkanes) is 1. The molecule has 0 spiro atoms. The van der Waals surface area contributed by atoms with Gasteiger partial charge in [0.2, 0.25) is 0 Å². The third-order valence-electron chi connectivity index (χ3n) is 3.71. The molecule has 1 rings (SSSR count). The number of ketones is 1. The summed E-state index contributed by atoms with van der Waals surface area (Å²) in [5.41, 5.74) is 2.31. The Hall–Kier alpha value is -1.63. The van der Waals surface area contributed by atoms with Crippen LogP contribution in [0.15, 0.2) is 24.3 Å². The first-order valence-corrected chi connectivity index (χ1v) is 8.85. The molecule has 0 aliphatic rings. The normalized spacial score (nSPS) is 12.1. The van der Waals surface area contributed by atoms with Gasteiger partial charge in [0.15, 0.2) is 5.78 Å². The Labute approximate surface area is 147 Å². The number of ether oxygens (including phenoxy) is 1. The Morgan fingerprint density at radius 1 is 1.12 bits per heavy atom. The lowest BCUT2D eigenvalue weighted by atomic mass is 10.1. The number of nitrogens with one attached hydrogen (secondary N) is 1. The zero-order chi connectivity index (χ0) is 17.9. The Bertz CT molecular complexity index is 549. The number of carbonyl (C=O) groups is 1. The Balaban J connectivity index is 2.30. The van der Waals surface area contributed by atoms with E-state index in [0.717, 1.165) is 18.4 Å². The van der Waals surface area contributed by atoms with E-state index in [-0.39, 0.29) is 18.3 Å². The molecule has 0 aliphatic heterocycles. The molecule has 0 bridgehead atoms. The highest BCUT2D eigenvalue weighted by Crippen LogP contribution is 2.13. The maximum Gasteiger partial charge on any atom is 0.160 e. The molecule has 0 fully saturated rings. The van der Waals surface area contributed by atoms with Gasteiger partial charge < -0.3 is 10.1 Å². The van der Waals surface area contributed by atoms with Gasteiger partial charge in [-0.2, -0.15) is 0 Å². The second kappa shape index (κ2) is 11.0. The van der Waals surface area contributed by atoms with Crippen LogP contribution in [0.4, 0.5) is 0 Å². The first-order valence-electron chi connectivity index (χ1n) is 8.85. The van der Waals surface area contributed by atoms with Gasteiger partial charge in [0.25, 0.3) is 0 Å². The molecular weight excluding hydrogens is 298 g/mol. The minimum Gasteiger partial charge on any atom is -0.374 e. The highest BCUT2D eigenvalue weighted by molar-refractivity contribution is 5.81. The van der Waals surface area contributed by atoms with Crippen LogP contribution in [0.5, 0.6) is 0 Å². The van der Waals surface area contributed by atoms with Crippen molar-refractivity contribution in [2.24, 2.45) is 5.92 Å². The van der Waals surface area contributed by atoms with Crippen LogP contribution < -0.4 is 5.32 Å². The van der Waals surface area contributed by atoms with Crippen LogP contribution in [0.3, 0.4) is 0 Å². The van der Waals surface area contributed by atoms with Crippen molar-refractivity contribution in [1.82, 2.24) is 5.32 Å². The quantitative estimate of drug-likeness (QED) is 0.547. The molecule has 0 saturated carbocycles. The van der Waals surface area contributed by atoms with E-state index in [1.54, 1.807) is 0 Å². The lowest BCUT2D eigenvalue weighted by Gasteiger charge is -2.17. The second-order valence-electron chi connectivity index (χ2n) is 6.74. The fourth-order valence-electron chi connectivity index (χ4n) is 2.22. The molecule has 132 valence electrons. The van der Waals surface area contributed by atoms with Gasteiger partial charge in [0.05, 0.1) is 0 Å². The molecule has 0 heterocycles. The molecule has 0 amide bonds. The summed E-state index contributed by atoms with van der Waals surface area (Å²) in [6.45, 7) is 11.1. The van der Waals surface area contributed by atoms with Crippen LogP contribution in [-0.2, 0) is 9.53 Å². The van der Waals surface area contributed by atoms with Crippen molar-refractivity contribution in [2.45, 2.75) is 59.5 Å². The van der Waals surface area contributed by atoms with Crippen molar-refractivity contribution in [3.8, 4) is 11.8 Å². The average Bonchev–Trinajstić information content (AvgIpc) is 2.53. The number of benzene rings is 1. The van der Waals surface area contributed by atoms with E-state index in [9.17, 15) is 4.79 Å². The van der Waals surface area contributed by atoms with E-state index >= 15 is 0 Å². The maximum atomic E-state index is 11.4. The maximum absolute atomic E-state index is 11.4. The van der Waals surface area contributed by atoms with Gasteiger partial charge in [-0.3, -0.25) is 4.79 Å². The standard InChI is InChI=1S/C21H31NO2/c1-16(2)21(23)15-24-14-8-6-7-9-19-10-12-20(13-11-19)18(5)22-17(3)4/h10-13,16-18,22H,6,8,14-15H2,1-5H3/t18-/m1/s1. The highest BCUT2D eigenvalue weighted by atomic mass is 16.5. The largest absolute Gasteiger partial charge is 0.374 e. The molecule has 3 heteroatoms. The van der Waals surface area contributed by atoms with E-state index < -0.39 is 0 Å². The van der Waals surface area contributed by atoms with Crippen molar-refractivity contribution in [2.75, 3.05) is 13.2 Å². The number of hydrogen-bond donors (Lipinski definition) is 1. The van der Waals surface area contributed by atoms with Crippen molar-refractivity contribution >= 4 is 5.78 Å². The van der Waals surface area contributed by atoms with Gasteiger partial charge in [-0.25, -0.2) is 0 Å². The second-order valence-corrected chi connectivity index (χ2v) is 6.74. The molecule has 1 aromatic carbocycles. The zero-order valence-electron chi connectivity index (χ0n) is 15.7. The first kappa shape index (κ1) is 20.4. The van der Waals surface area contributed by atoms with Gasteiger partial charge >= 0.3 is 0 Å². The molecule has 0 aliphatic carbocycles. The fraction of sp³-hybridized carbons (Fsp3) is 0.571. The van der Waals surface area contributed by atoms with Crippen LogP contribution in [0.1, 0.15) is 64.6 Å². The molecule has 24 heavy (non-hydrogen) atoms. The summed E-state index contributed by atoms with van der Waals surface area (Å²) in [5.74, 6) is 6.54. The Morgan fingerprint density at radius 2 is 1.79 bits per heavy atom. The van der Waals surface area contributed by atoms with Gasteiger partial charge in [0, 0.05) is 36.6 Å². The number of rotatable bonds is 9. The molecule has 0 radical (unpaired) electrons. The van der Waals surface area contributed by atoms with Crippen LogP contribution in [-0.4, -0.2) is 25.0 Å². The van der Waals surface area contributed by atoms with Crippen molar-refractivity contribution in [3.05, 3.63) is 35.4 Å². The van der Waals surface area contributed by atoms with Gasteiger partial charge in [-0.1, -0.05) is 51.7 Å². The van der Waals surface area contributed by atoms with E-state index in [1.165, 1.54) is 5.56 Å². The topological polar surface area (TPSA) is 38.3 Å². The monoisotopic (exact) mass is 329 g/mol. The predicted molar refractivity (Wildman–Crippen MR) is 99.9 cm³/mol. The third kappa shape index (κ3) is 8.29. The molecule has 3 nitrogen and oxygen atoms in total. The number of carbonyl (C=O) groups excluding carboxylic acids is 1. The summed E-state index contributed by atoms with van der Waals surface area (Å²) < 4.78 is 5.36. The van der Waals surface area contributed by atoms with E-state index in [2.05, 4.69) is 62.2 Å². The van der Waals surface area contributed by atoms with Gasteiger partial charge in [-0.05, 0) is 31.0 Å². The van der Waals surface area contributed by atoms with Gasteiger partial charge in [-0.15, -0.1) is 0 Å². The van der Waals surface area contributed by atoms with Crippen LogP contribution in [0.25, 0.3) is 0 Å². The average molecular weight is 329 g/mol. The Morgan fingerprint density at radius 3 is 2.38 bits per heavy atom. The summed E-state index contributed by atoms with van der Waals surface area (Å²) >= 11 is 0. The number of Topliss-reactive ketones (excluding diaryl/α,β-unsaturated/α-hetero) is 1. The van der Waals surface area contributed by atoms with Crippen molar-refractivity contribution in [1.29, 1.82) is 0 Å². The summed E-state index contributed by atoms with van der Waals surface area (Å²) in [4.78, 5) is 11.4. The molecule has 0 unspecified atom stereocenters. The van der Waals surface area contributed by atoms with E-state index in [4.69, 9.17) is 4.74 Å². The lowest BCUT2D eigenvalue weighted by Crippen LogP contribution is -2.25. The van der Waals surface area contributed by atoms with E-state index in [0.29, 0.717) is 18.7 Å².